The van der Waals surface area contributed by atoms with Crippen LogP contribution in [0.4, 0.5) is 5.69 Å². The van der Waals surface area contributed by atoms with E-state index in [1.807, 2.05) is 73.0 Å². The van der Waals surface area contributed by atoms with Gasteiger partial charge in [0.25, 0.3) is 5.91 Å². The number of anilines is 1. The summed E-state index contributed by atoms with van der Waals surface area (Å²) in [4.78, 5) is 21.8. The Morgan fingerprint density at radius 3 is 2.53 bits per heavy atom. The molecule has 0 bridgehead atoms. The van der Waals surface area contributed by atoms with Gasteiger partial charge in [-0.15, -0.1) is 11.3 Å². The average molecular weight is 411 g/mol. The van der Waals surface area contributed by atoms with Gasteiger partial charge in [-0.25, -0.2) is 14.5 Å². The van der Waals surface area contributed by atoms with Crippen LogP contribution < -0.4 is 5.32 Å². The molecule has 6 nitrogen and oxygen atoms in total. The zero-order chi connectivity index (χ0) is 20.5. The highest BCUT2D eigenvalue weighted by Gasteiger charge is 2.16. The van der Waals surface area contributed by atoms with Gasteiger partial charge in [0.05, 0.1) is 22.6 Å². The summed E-state index contributed by atoms with van der Waals surface area (Å²) < 4.78 is 1.69. The van der Waals surface area contributed by atoms with Crippen molar-refractivity contribution in [2.24, 2.45) is 0 Å². The molecule has 0 aliphatic heterocycles. The van der Waals surface area contributed by atoms with Crippen molar-refractivity contribution in [3.05, 3.63) is 89.0 Å². The monoisotopic (exact) mass is 411 g/mol. The molecule has 0 radical (unpaired) electrons. The number of benzene rings is 2. The number of hydrogen-bond donors (Lipinski definition) is 1. The van der Waals surface area contributed by atoms with Crippen LogP contribution in [-0.4, -0.2) is 25.5 Å². The molecule has 5 aromatic rings. The van der Waals surface area contributed by atoms with Gasteiger partial charge in [-0.05, 0) is 25.1 Å². The second-order valence-corrected chi connectivity index (χ2v) is 7.84. The molecule has 0 atom stereocenters. The normalized spacial score (nSPS) is 11.0. The first-order chi connectivity index (χ1) is 14.7. The average Bonchev–Trinajstić information content (AvgIpc) is 3.41. The lowest BCUT2D eigenvalue weighted by Gasteiger charge is -2.06. The van der Waals surface area contributed by atoms with Crippen LogP contribution in [0.2, 0.25) is 0 Å². The van der Waals surface area contributed by atoms with E-state index in [1.54, 1.807) is 28.2 Å². The molecule has 0 spiro atoms. The number of fused-ring (bicyclic) bond motifs is 1. The number of hydrogen-bond acceptors (Lipinski definition) is 5. The standard InChI is InChI=1S/C23H17N5OS/c1-15-26-20(14-30-15)16-7-9-18(10-8-16)27-23(29)19-13-25-28-21(11-12-24-22(19)28)17-5-3-2-4-6-17/h2-14H,1H3,(H,27,29). The minimum atomic E-state index is -0.250. The van der Waals surface area contributed by atoms with Crippen molar-refractivity contribution >= 4 is 28.6 Å². The molecule has 0 saturated heterocycles. The number of amides is 1. The first-order valence-corrected chi connectivity index (χ1v) is 10.3. The molecule has 2 aromatic carbocycles. The molecule has 146 valence electrons. The van der Waals surface area contributed by atoms with Gasteiger partial charge in [-0.3, -0.25) is 4.79 Å². The predicted octanol–water partition coefficient (Wildman–Crippen LogP) is 5.08. The third-order valence-corrected chi connectivity index (χ3v) is 5.55. The molecule has 3 aromatic heterocycles. The second-order valence-electron chi connectivity index (χ2n) is 6.77. The van der Waals surface area contributed by atoms with Crippen molar-refractivity contribution in [2.75, 3.05) is 5.32 Å². The van der Waals surface area contributed by atoms with E-state index in [4.69, 9.17) is 0 Å². The van der Waals surface area contributed by atoms with Crippen molar-refractivity contribution < 1.29 is 4.79 Å². The third kappa shape index (κ3) is 3.35. The van der Waals surface area contributed by atoms with Gasteiger partial charge in [-0.1, -0.05) is 42.5 Å². The molecule has 0 aliphatic rings. The number of carbonyl (C=O) groups excluding carboxylic acids is 1. The topological polar surface area (TPSA) is 72.2 Å². The summed E-state index contributed by atoms with van der Waals surface area (Å²) in [5.74, 6) is -0.250. The summed E-state index contributed by atoms with van der Waals surface area (Å²) in [6.45, 7) is 1.98. The van der Waals surface area contributed by atoms with Gasteiger partial charge in [0.15, 0.2) is 5.65 Å². The van der Waals surface area contributed by atoms with Crippen LogP contribution in [0.25, 0.3) is 28.2 Å². The first-order valence-electron chi connectivity index (χ1n) is 9.41. The maximum atomic E-state index is 12.9. The first kappa shape index (κ1) is 18.2. The highest BCUT2D eigenvalue weighted by atomic mass is 32.1. The van der Waals surface area contributed by atoms with E-state index in [0.29, 0.717) is 16.9 Å². The highest BCUT2D eigenvalue weighted by molar-refractivity contribution is 7.09. The molecule has 0 unspecified atom stereocenters. The van der Waals surface area contributed by atoms with E-state index < -0.39 is 0 Å². The van der Waals surface area contributed by atoms with Gasteiger partial charge in [0.1, 0.15) is 5.56 Å². The van der Waals surface area contributed by atoms with E-state index in [2.05, 4.69) is 20.4 Å². The van der Waals surface area contributed by atoms with Gasteiger partial charge < -0.3 is 5.32 Å². The van der Waals surface area contributed by atoms with E-state index in [1.165, 1.54) is 0 Å². The molecular formula is C23H17N5OS. The van der Waals surface area contributed by atoms with Crippen LogP contribution in [0.5, 0.6) is 0 Å². The molecule has 0 aliphatic carbocycles. The third-order valence-electron chi connectivity index (χ3n) is 4.77. The minimum absolute atomic E-state index is 0.250. The van der Waals surface area contributed by atoms with Crippen molar-refractivity contribution in [1.82, 2.24) is 19.6 Å². The highest BCUT2D eigenvalue weighted by Crippen LogP contribution is 2.24. The van der Waals surface area contributed by atoms with Crippen molar-refractivity contribution in [3.63, 3.8) is 0 Å². The van der Waals surface area contributed by atoms with Crippen molar-refractivity contribution in [3.8, 4) is 22.5 Å². The van der Waals surface area contributed by atoms with Crippen molar-refractivity contribution in [2.45, 2.75) is 6.92 Å². The lowest BCUT2D eigenvalue weighted by molar-refractivity contribution is 0.102. The number of aromatic nitrogens is 4. The lowest BCUT2D eigenvalue weighted by Crippen LogP contribution is -2.12. The second kappa shape index (κ2) is 7.53. The Morgan fingerprint density at radius 2 is 1.80 bits per heavy atom. The van der Waals surface area contributed by atoms with Crippen LogP contribution in [0.1, 0.15) is 15.4 Å². The zero-order valence-electron chi connectivity index (χ0n) is 16.1. The van der Waals surface area contributed by atoms with E-state index in [9.17, 15) is 4.79 Å². The molecular weight excluding hydrogens is 394 g/mol. The summed E-state index contributed by atoms with van der Waals surface area (Å²) in [5, 5.41) is 10.4. The van der Waals surface area contributed by atoms with Gasteiger partial charge in [-0.2, -0.15) is 5.10 Å². The fourth-order valence-electron chi connectivity index (χ4n) is 3.30. The minimum Gasteiger partial charge on any atom is -0.322 e. The molecule has 7 heteroatoms. The summed E-state index contributed by atoms with van der Waals surface area (Å²) in [7, 11) is 0. The largest absolute Gasteiger partial charge is 0.322 e. The van der Waals surface area contributed by atoms with Crippen LogP contribution in [0.15, 0.2) is 78.4 Å². The summed E-state index contributed by atoms with van der Waals surface area (Å²) >= 11 is 1.62. The molecule has 1 amide bonds. The molecule has 1 N–H and O–H groups in total. The predicted molar refractivity (Wildman–Crippen MR) is 119 cm³/mol. The Kier molecular flexibility index (Phi) is 4.57. The zero-order valence-corrected chi connectivity index (χ0v) is 16.9. The van der Waals surface area contributed by atoms with Gasteiger partial charge >= 0.3 is 0 Å². The van der Waals surface area contributed by atoms with Gasteiger partial charge in [0, 0.05) is 28.4 Å². The van der Waals surface area contributed by atoms with Crippen LogP contribution >= 0.6 is 11.3 Å². The molecule has 0 saturated carbocycles. The molecule has 30 heavy (non-hydrogen) atoms. The van der Waals surface area contributed by atoms with Crippen LogP contribution in [0.3, 0.4) is 0 Å². The van der Waals surface area contributed by atoms with E-state index >= 15 is 0 Å². The summed E-state index contributed by atoms with van der Waals surface area (Å²) in [6, 6.07) is 19.4. The van der Waals surface area contributed by atoms with Gasteiger partial charge in [0.2, 0.25) is 0 Å². The number of nitrogens with one attached hydrogen (secondary N) is 1. The summed E-state index contributed by atoms with van der Waals surface area (Å²) in [6.07, 6.45) is 3.25. The lowest BCUT2D eigenvalue weighted by atomic mass is 10.1. The van der Waals surface area contributed by atoms with Crippen molar-refractivity contribution in [1.29, 1.82) is 0 Å². The number of rotatable bonds is 4. The Bertz CT molecular complexity index is 1340. The molecule has 5 rings (SSSR count). The van der Waals surface area contributed by atoms with Crippen LogP contribution in [-0.2, 0) is 0 Å². The fraction of sp³-hybridized carbons (Fsp3) is 0.0435. The Balaban J connectivity index is 1.41. The Hall–Kier alpha value is -3.84. The molecule has 3 heterocycles. The molecule has 0 fully saturated rings. The SMILES string of the molecule is Cc1nc(-c2ccc(NC(=O)c3cnn4c(-c5ccccc5)ccnc34)cc2)cs1. The fourth-order valence-corrected chi connectivity index (χ4v) is 3.92. The Morgan fingerprint density at radius 1 is 1.00 bits per heavy atom. The quantitative estimate of drug-likeness (QED) is 0.448. The number of carbonyl (C=O) groups is 1. The number of thiazole rings is 1. The van der Waals surface area contributed by atoms with Crippen LogP contribution in [0, 0.1) is 6.92 Å². The number of nitrogens with zero attached hydrogens (tertiary/aromatic N) is 4. The Labute approximate surface area is 176 Å². The summed E-state index contributed by atoms with van der Waals surface area (Å²) in [5.41, 5.74) is 5.48. The van der Waals surface area contributed by atoms with E-state index in [-0.39, 0.29) is 5.91 Å². The number of aryl methyl sites for hydroxylation is 1. The van der Waals surface area contributed by atoms with E-state index in [0.717, 1.165) is 27.5 Å². The maximum absolute atomic E-state index is 12.9. The smallest absolute Gasteiger partial charge is 0.261 e. The maximum Gasteiger partial charge on any atom is 0.261 e.